The van der Waals surface area contributed by atoms with Crippen LogP contribution in [0, 0.1) is 5.92 Å². The Morgan fingerprint density at radius 1 is 0.826 bits per heavy atom. The lowest BCUT2D eigenvalue weighted by Gasteiger charge is -2.12. The van der Waals surface area contributed by atoms with Crippen molar-refractivity contribution in [2.24, 2.45) is 5.92 Å². The molecule has 2 aliphatic rings. The topological polar surface area (TPSA) is 74.8 Å². The van der Waals surface area contributed by atoms with Crippen molar-refractivity contribution in [2.75, 3.05) is 26.4 Å². The Balaban J connectivity index is 0.000000248. The van der Waals surface area contributed by atoms with E-state index in [4.69, 9.17) is 24.4 Å². The maximum Gasteiger partial charge on any atom is 0.104 e. The minimum atomic E-state index is -0.153. The van der Waals surface area contributed by atoms with Gasteiger partial charge in [-0.1, -0.05) is 32.6 Å². The van der Waals surface area contributed by atoms with E-state index < -0.39 is 0 Å². The minimum Gasteiger partial charge on any atom is -0.393 e. The Morgan fingerprint density at radius 2 is 1.22 bits per heavy atom. The molecule has 5 nitrogen and oxygen atoms in total. The molecule has 2 heterocycles. The SMILES string of the molecule is C(OCC1CO1)C1CO1.CC(O)CCCC(C)CCCC(C)O. The molecule has 138 valence electrons. The molecule has 23 heavy (non-hydrogen) atoms. The van der Waals surface area contributed by atoms with Crippen LogP contribution in [0.1, 0.15) is 59.3 Å². The van der Waals surface area contributed by atoms with Gasteiger partial charge in [0.1, 0.15) is 12.2 Å². The number of epoxide rings is 2. The van der Waals surface area contributed by atoms with Crippen molar-refractivity contribution < 1.29 is 24.4 Å². The Morgan fingerprint density at radius 3 is 1.52 bits per heavy atom. The van der Waals surface area contributed by atoms with Crippen LogP contribution in [0.4, 0.5) is 0 Å². The van der Waals surface area contributed by atoms with E-state index >= 15 is 0 Å². The molecule has 0 aliphatic carbocycles. The first kappa shape index (κ1) is 20.8. The summed E-state index contributed by atoms with van der Waals surface area (Å²) in [4.78, 5) is 0. The molecule has 2 N–H and O–H groups in total. The number of ether oxygens (including phenoxy) is 3. The summed E-state index contributed by atoms with van der Waals surface area (Å²) in [5.41, 5.74) is 0. The average molecular weight is 332 g/mol. The molecule has 2 saturated heterocycles. The number of aliphatic hydroxyl groups is 2. The smallest absolute Gasteiger partial charge is 0.104 e. The van der Waals surface area contributed by atoms with Crippen molar-refractivity contribution in [1.29, 1.82) is 0 Å². The van der Waals surface area contributed by atoms with E-state index in [9.17, 15) is 0 Å². The van der Waals surface area contributed by atoms with Gasteiger partial charge in [0.2, 0.25) is 0 Å². The van der Waals surface area contributed by atoms with Gasteiger partial charge >= 0.3 is 0 Å². The summed E-state index contributed by atoms with van der Waals surface area (Å²) in [7, 11) is 0. The van der Waals surface area contributed by atoms with E-state index in [0.717, 1.165) is 58.0 Å². The first-order valence-corrected chi connectivity index (χ1v) is 9.14. The van der Waals surface area contributed by atoms with Crippen molar-refractivity contribution in [3.05, 3.63) is 0 Å². The van der Waals surface area contributed by atoms with Crippen LogP contribution in [0.2, 0.25) is 0 Å². The Hall–Kier alpha value is -0.200. The Labute approximate surface area is 141 Å². The fourth-order valence-corrected chi connectivity index (χ4v) is 2.33. The van der Waals surface area contributed by atoms with Crippen molar-refractivity contribution in [3.63, 3.8) is 0 Å². The number of aliphatic hydroxyl groups excluding tert-OH is 2. The zero-order chi connectivity index (χ0) is 17.1. The lowest BCUT2D eigenvalue weighted by atomic mass is 9.96. The lowest BCUT2D eigenvalue weighted by molar-refractivity contribution is 0.102. The molecule has 0 saturated carbocycles. The van der Waals surface area contributed by atoms with Gasteiger partial charge in [-0.2, -0.15) is 0 Å². The molecule has 2 rings (SSSR count). The zero-order valence-electron chi connectivity index (χ0n) is 15.1. The van der Waals surface area contributed by atoms with Gasteiger partial charge in [-0.25, -0.2) is 0 Å². The third kappa shape index (κ3) is 15.1. The van der Waals surface area contributed by atoms with Crippen LogP contribution in [0.3, 0.4) is 0 Å². The first-order chi connectivity index (χ1) is 11.0. The fourth-order valence-electron chi connectivity index (χ4n) is 2.33. The second-order valence-electron chi connectivity index (χ2n) is 7.11. The van der Waals surface area contributed by atoms with Gasteiger partial charge < -0.3 is 24.4 Å². The third-order valence-corrected chi connectivity index (χ3v) is 4.05. The number of hydrogen-bond acceptors (Lipinski definition) is 5. The molecular formula is C18H36O5. The van der Waals surface area contributed by atoms with Gasteiger partial charge in [0.15, 0.2) is 0 Å². The van der Waals surface area contributed by atoms with E-state index in [2.05, 4.69) is 6.92 Å². The third-order valence-electron chi connectivity index (χ3n) is 4.05. The molecule has 0 aromatic rings. The van der Waals surface area contributed by atoms with Gasteiger partial charge in [-0.05, 0) is 32.6 Å². The number of rotatable bonds is 12. The first-order valence-electron chi connectivity index (χ1n) is 9.14. The van der Waals surface area contributed by atoms with Crippen LogP contribution in [0.25, 0.3) is 0 Å². The second-order valence-corrected chi connectivity index (χ2v) is 7.11. The highest BCUT2D eigenvalue weighted by Gasteiger charge is 2.26. The van der Waals surface area contributed by atoms with Crippen molar-refractivity contribution in [2.45, 2.75) is 83.7 Å². The van der Waals surface area contributed by atoms with Crippen LogP contribution in [-0.2, 0) is 14.2 Å². The van der Waals surface area contributed by atoms with Gasteiger partial charge in [-0.15, -0.1) is 0 Å². The van der Waals surface area contributed by atoms with E-state index in [1.165, 1.54) is 12.8 Å². The second kappa shape index (κ2) is 12.2. The predicted molar refractivity (Wildman–Crippen MR) is 90.5 cm³/mol. The highest BCUT2D eigenvalue weighted by atomic mass is 16.6. The van der Waals surface area contributed by atoms with Crippen molar-refractivity contribution >= 4 is 0 Å². The summed E-state index contributed by atoms with van der Waals surface area (Å²) in [6, 6.07) is 0. The summed E-state index contributed by atoms with van der Waals surface area (Å²) >= 11 is 0. The van der Waals surface area contributed by atoms with Crippen LogP contribution >= 0.6 is 0 Å². The summed E-state index contributed by atoms with van der Waals surface area (Å²) in [5.74, 6) is 0.729. The molecule has 0 radical (unpaired) electrons. The van der Waals surface area contributed by atoms with Gasteiger partial charge in [0.05, 0.1) is 38.6 Å². The molecule has 4 atom stereocenters. The molecule has 0 aromatic carbocycles. The maximum absolute atomic E-state index is 9.08. The Bertz CT molecular complexity index is 249. The average Bonchev–Trinajstić information content (AvgIpc) is 3.33. The molecule has 4 unspecified atom stereocenters. The zero-order valence-corrected chi connectivity index (χ0v) is 15.1. The van der Waals surface area contributed by atoms with Crippen LogP contribution < -0.4 is 0 Å². The summed E-state index contributed by atoms with van der Waals surface area (Å²) in [6.07, 6.45) is 6.95. The quantitative estimate of drug-likeness (QED) is 0.537. The van der Waals surface area contributed by atoms with Crippen LogP contribution in [-0.4, -0.2) is 61.1 Å². The normalized spacial score (nSPS) is 26.0. The van der Waals surface area contributed by atoms with E-state index in [1.807, 2.05) is 13.8 Å². The summed E-state index contributed by atoms with van der Waals surface area (Å²) in [6.45, 7) is 9.21. The maximum atomic E-state index is 9.08. The molecule has 0 bridgehead atoms. The van der Waals surface area contributed by atoms with Crippen molar-refractivity contribution in [3.8, 4) is 0 Å². The monoisotopic (exact) mass is 332 g/mol. The van der Waals surface area contributed by atoms with Gasteiger partial charge in [0.25, 0.3) is 0 Å². The van der Waals surface area contributed by atoms with Gasteiger partial charge in [-0.3, -0.25) is 0 Å². The molecule has 2 aliphatic heterocycles. The summed E-state index contributed by atoms with van der Waals surface area (Å²) in [5, 5.41) is 18.2. The van der Waals surface area contributed by atoms with Crippen LogP contribution in [0.15, 0.2) is 0 Å². The predicted octanol–water partition coefficient (Wildman–Crippen LogP) is 2.53. The highest BCUT2D eigenvalue weighted by molar-refractivity contribution is 4.71. The van der Waals surface area contributed by atoms with Crippen molar-refractivity contribution in [1.82, 2.24) is 0 Å². The van der Waals surface area contributed by atoms with Crippen LogP contribution in [0.5, 0.6) is 0 Å². The Kier molecular flexibility index (Phi) is 11.1. The molecule has 5 heteroatoms. The molecule has 0 amide bonds. The molecule has 0 spiro atoms. The largest absolute Gasteiger partial charge is 0.393 e. The standard InChI is InChI=1S/C12H26O2.C6H10O3/c1-10(6-4-8-11(2)13)7-5-9-12(3)14;1(5-3-8-5)7-2-6-4-9-6/h10-14H,4-9H2,1-3H3;5-6H,1-4H2. The molecule has 0 aromatic heterocycles. The van der Waals surface area contributed by atoms with Gasteiger partial charge in [0, 0.05) is 0 Å². The minimum absolute atomic E-state index is 0.153. The molecular weight excluding hydrogens is 296 g/mol. The van der Waals surface area contributed by atoms with E-state index in [1.54, 1.807) is 0 Å². The van der Waals surface area contributed by atoms with E-state index in [-0.39, 0.29) is 12.2 Å². The van der Waals surface area contributed by atoms with E-state index in [0.29, 0.717) is 12.2 Å². The fraction of sp³-hybridized carbons (Fsp3) is 1.00. The lowest BCUT2D eigenvalue weighted by Crippen LogP contribution is -2.06. The highest BCUT2D eigenvalue weighted by Crippen LogP contribution is 2.16. The summed E-state index contributed by atoms with van der Waals surface area (Å²) < 4.78 is 15.1. The molecule has 2 fully saturated rings. The number of hydrogen-bond donors (Lipinski definition) is 2.